The molecule has 1 aromatic rings. The molecule has 1 aliphatic heterocycles. The van der Waals surface area contributed by atoms with Crippen LogP contribution in [0.2, 0.25) is 0 Å². The molecule has 2 rings (SSSR count). The highest BCUT2D eigenvalue weighted by Gasteiger charge is 2.29. The Bertz CT molecular complexity index is 386. The molecule has 1 saturated heterocycles. The van der Waals surface area contributed by atoms with Crippen LogP contribution in [0.1, 0.15) is 16.9 Å². The summed E-state index contributed by atoms with van der Waals surface area (Å²) in [5.41, 5.74) is 0.432. The van der Waals surface area contributed by atoms with E-state index < -0.39 is 0 Å². The molecular weight excluding hydrogens is 206 g/mol. The Hall–Kier alpha value is -1.43. The smallest absolute Gasteiger partial charge is 0.276 e. The summed E-state index contributed by atoms with van der Waals surface area (Å²) in [7, 11) is 5.85. The number of aryl methyl sites for hydroxylation is 1. The maximum Gasteiger partial charge on any atom is 0.276 e. The molecule has 1 amide bonds. The van der Waals surface area contributed by atoms with Crippen molar-refractivity contribution in [2.75, 3.05) is 27.2 Å². The first-order valence-corrected chi connectivity index (χ1v) is 5.40. The summed E-state index contributed by atoms with van der Waals surface area (Å²) >= 11 is 0. The van der Waals surface area contributed by atoms with Gasteiger partial charge in [-0.05, 0) is 20.5 Å². The number of nitrogens with zero attached hydrogens (tertiary/aromatic N) is 5. The molecule has 16 heavy (non-hydrogen) atoms. The first-order valence-electron chi connectivity index (χ1n) is 5.40. The minimum Gasteiger partial charge on any atom is -0.336 e. The molecule has 0 saturated carbocycles. The highest BCUT2D eigenvalue weighted by Crippen LogP contribution is 2.15. The van der Waals surface area contributed by atoms with Crippen LogP contribution in [0.15, 0.2) is 6.20 Å². The van der Waals surface area contributed by atoms with E-state index in [9.17, 15) is 4.79 Å². The highest BCUT2D eigenvalue weighted by atomic mass is 16.2. The van der Waals surface area contributed by atoms with Gasteiger partial charge in [-0.1, -0.05) is 5.21 Å². The first-order chi connectivity index (χ1) is 7.58. The molecule has 0 aliphatic carbocycles. The van der Waals surface area contributed by atoms with Crippen LogP contribution in [0.5, 0.6) is 0 Å². The van der Waals surface area contributed by atoms with Gasteiger partial charge in [-0.15, -0.1) is 5.10 Å². The predicted molar refractivity (Wildman–Crippen MR) is 59.0 cm³/mol. The number of amides is 1. The standard InChI is InChI=1S/C10H17N5O/c1-13(2)8-4-5-15(6-8)10(16)9-7-14(3)12-11-9/h7-8H,4-6H2,1-3H3. The van der Waals surface area contributed by atoms with Gasteiger partial charge in [0.15, 0.2) is 5.69 Å². The lowest BCUT2D eigenvalue weighted by Gasteiger charge is -2.19. The molecule has 1 unspecified atom stereocenters. The third-order valence-electron chi connectivity index (χ3n) is 3.00. The Morgan fingerprint density at radius 3 is 2.81 bits per heavy atom. The topological polar surface area (TPSA) is 54.3 Å². The maximum absolute atomic E-state index is 12.0. The Morgan fingerprint density at radius 1 is 1.56 bits per heavy atom. The number of carbonyl (C=O) groups is 1. The molecule has 0 bridgehead atoms. The Kier molecular flexibility index (Phi) is 2.91. The van der Waals surface area contributed by atoms with Gasteiger partial charge in [-0.2, -0.15) is 0 Å². The van der Waals surface area contributed by atoms with Crippen molar-refractivity contribution in [1.82, 2.24) is 24.8 Å². The molecule has 88 valence electrons. The molecule has 1 aliphatic rings. The summed E-state index contributed by atoms with van der Waals surface area (Å²) in [6.45, 7) is 1.58. The summed E-state index contributed by atoms with van der Waals surface area (Å²) in [4.78, 5) is 16.0. The highest BCUT2D eigenvalue weighted by molar-refractivity contribution is 5.92. The number of likely N-dealkylation sites (tertiary alicyclic amines) is 1. The molecule has 1 fully saturated rings. The molecular formula is C10H17N5O. The first kappa shape index (κ1) is 11.1. The second-order valence-electron chi connectivity index (χ2n) is 4.43. The average Bonchev–Trinajstić information content (AvgIpc) is 2.84. The molecule has 0 aromatic carbocycles. The van der Waals surface area contributed by atoms with Crippen molar-refractivity contribution in [3.05, 3.63) is 11.9 Å². The summed E-state index contributed by atoms with van der Waals surface area (Å²) in [5, 5.41) is 7.61. The Balaban J connectivity index is 2.02. The van der Waals surface area contributed by atoms with Crippen LogP contribution in [-0.4, -0.2) is 63.9 Å². The fourth-order valence-corrected chi connectivity index (χ4v) is 1.96. The molecule has 2 heterocycles. The van der Waals surface area contributed by atoms with E-state index in [0.29, 0.717) is 11.7 Å². The third-order valence-corrected chi connectivity index (χ3v) is 3.00. The molecule has 1 atom stereocenters. The summed E-state index contributed by atoms with van der Waals surface area (Å²) < 4.78 is 1.55. The summed E-state index contributed by atoms with van der Waals surface area (Å²) in [6, 6.07) is 0.459. The van der Waals surface area contributed by atoms with E-state index in [2.05, 4.69) is 15.2 Å². The van der Waals surface area contributed by atoms with Gasteiger partial charge in [0.2, 0.25) is 0 Å². The van der Waals surface area contributed by atoms with Gasteiger partial charge in [0.25, 0.3) is 5.91 Å². The molecule has 1 aromatic heterocycles. The zero-order valence-electron chi connectivity index (χ0n) is 9.92. The molecule has 0 spiro atoms. The summed E-state index contributed by atoms with van der Waals surface area (Å²) in [6.07, 6.45) is 2.68. The van der Waals surface area contributed by atoms with Crippen molar-refractivity contribution in [2.45, 2.75) is 12.5 Å². The molecule has 6 nitrogen and oxygen atoms in total. The zero-order chi connectivity index (χ0) is 11.7. The minimum atomic E-state index is -0.0162. The number of rotatable bonds is 2. The van der Waals surface area contributed by atoms with Crippen molar-refractivity contribution >= 4 is 5.91 Å². The lowest BCUT2D eigenvalue weighted by molar-refractivity contribution is 0.0777. The van der Waals surface area contributed by atoms with Crippen LogP contribution in [0.4, 0.5) is 0 Å². The Morgan fingerprint density at radius 2 is 2.31 bits per heavy atom. The van der Waals surface area contributed by atoms with E-state index in [4.69, 9.17) is 0 Å². The lowest BCUT2D eigenvalue weighted by atomic mass is 10.2. The fraction of sp³-hybridized carbons (Fsp3) is 0.700. The number of aromatic nitrogens is 3. The van der Waals surface area contributed by atoms with E-state index in [1.807, 2.05) is 19.0 Å². The van der Waals surface area contributed by atoms with E-state index in [1.54, 1.807) is 17.9 Å². The zero-order valence-corrected chi connectivity index (χ0v) is 9.92. The van der Waals surface area contributed by atoms with Crippen LogP contribution < -0.4 is 0 Å². The van der Waals surface area contributed by atoms with Gasteiger partial charge in [-0.25, -0.2) is 0 Å². The summed E-state index contributed by atoms with van der Waals surface area (Å²) in [5.74, 6) is -0.0162. The third kappa shape index (κ3) is 2.06. The largest absolute Gasteiger partial charge is 0.336 e. The van der Waals surface area contributed by atoms with Gasteiger partial charge in [0.05, 0.1) is 6.20 Å². The van der Waals surface area contributed by atoms with E-state index in [-0.39, 0.29) is 5.91 Å². The quantitative estimate of drug-likeness (QED) is 0.684. The van der Waals surface area contributed by atoms with E-state index in [1.165, 1.54) is 0 Å². The molecule has 0 radical (unpaired) electrons. The fourth-order valence-electron chi connectivity index (χ4n) is 1.96. The van der Waals surface area contributed by atoms with Crippen molar-refractivity contribution in [1.29, 1.82) is 0 Å². The van der Waals surface area contributed by atoms with Crippen molar-refractivity contribution in [3.8, 4) is 0 Å². The van der Waals surface area contributed by atoms with Gasteiger partial charge in [0, 0.05) is 26.2 Å². The van der Waals surface area contributed by atoms with Gasteiger partial charge in [-0.3, -0.25) is 9.48 Å². The van der Waals surface area contributed by atoms with Crippen molar-refractivity contribution in [2.24, 2.45) is 7.05 Å². The SMILES string of the molecule is CN(C)C1CCN(C(=O)c2cn(C)nn2)C1. The molecule has 6 heteroatoms. The van der Waals surface area contributed by atoms with Crippen molar-refractivity contribution < 1.29 is 4.79 Å². The van der Waals surface area contributed by atoms with E-state index in [0.717, 1.165) is 19.5 Å². The minimum absolute atomic E-state index is 0.0162. The van der Waals surface area contributed by atoms with Crippen molar-refractivity contribution in [3.63, 3.8) is 0 Å². The predicted octanol–water partition coefficient (Wildman–Crippen LogP) is -0.409. The average molecular weight is 223 g/mol. The van der Waals surface area contributed by atoms with Crippen LogP contribution in [-0.2, 0) is 7.05 Å². The Labute approximate surface area is 94.8 Å². The number of likely N-dealkylation sites (N-methyl/N-ethyl adjacent to an activating group) is 1. The van der Waals surface area contributed by atoms with Gasteiger partial charge >= 0.3 is 0 Å². The van der Waals surface area contributed by atoms with Gasteiger partial charge in [0.1, 0.15) is 0 Å². The van der Waals surface area contributed by atoms with Crippen LogP contribution >= 0.6 is 0 Å². The van der Waals surface area contributed by atoms with Crippen LogP contribution in [0.3, 0.4) is 0 Å². The van der Waals surface area contributed by atoms with Gasteiger partial charge < -0.3 is 9.80 Å². The van der Waals surface area contributed by atoms with E-state index >= 15 is 0 Å². The number of carbonyl (C=O) groups excluding carboxylic acids is 1. The normalized spacial score (nSPS) is 20.8. The van der Waals surface area contributed by atoms with Crippen LogP contribution in [0, 0.1) is 0 Å². The monoisotopic (exact) mass is 223 g/mol. The van der Waals surface area contributed by atoms with Crippen LogP contribution in [0.25, 0.3) is 0 Å². The lowest BCUT2D eigenvalue weighted by Crippen LogP contribution is -2.34. The molecule has 0 N–H and O–H groups in total. The second-order valence-corrected chi connectivity index (χ2v) is 4.43. The number of hydrogen-bond donors (Lipinski definition) is 0. The second kappa shape index (κ2) is 4.21. The maximum atomic E-state index is 12.0. The number of hydrogen-bond acceptors (Lipinski definition) is 4.